The van der Waals surface area contributed by atoms with Gasteiger partial charge in [-0.25, -0.2) is 0 Å². The van der Waals surface area contributed by atoms with E-state index in [0.29, 0.717) is 0 Å². The van der Waals surface area contributed by atoms with Crippen molar-refractivity contribution in [2.24, 2.45) is 17.8 Å². The van der Waals surface area contributed by atoms with E-state index in [9.17, 15) is 0 Å². The van der Waals surface area contributed by atoms with Crippen LogP contribution < -0.4 is 0 Å². The van der Waals surface area contributed by atoms with Crippen molar-refractivity contribution in [2.75, 3.05) is 7.11 Å². The molecule has 0 aromatic carbocycles. The Balaban J connectivity index is 5.07. The highest BCUT2D eigenvalue weighted by Crippen LogP contribution is 2.09. The van der Waals surface area contributed by atoms with Crippen LogP contribution in [0.5, 0.6) is 0 Å². The van der Waals surface area contributed by atoms with Gasteiger partial charge in [-0.2, -0.15) is 0 Å². The van der Waals surface area contributed by atoms with E-state index < -0.39 is 9.05 Å². The summed E-state index contributed by atoms with van der Waals surface area (Å²) in [6, 6.07) is 0. The third-order valence-electron chi connectivity index (χ3n) is 1.82. The largest absolute Gasteiger partial charge is 0.919 e. The maximum absolute atomic E-state index is 5.36. The lowest BCUT2D eigenvalue weighted by molar-refractivity contribution is 0.0824. The minimum absolute atomic E-state index is 0.164. The Kier molecular flexibility index (Phi) is 9.22. The second-order valence-corrected chi connectivity index (χ2v) is 7.23. The van der Waals surface area contributed by atoms with Crippen molar-refractivity contribution >= 4 is 9.05 Å². The molecule has 0 bridgehead atoms. The summed E-state index contributed by atoms with van der Waals surface area (Å²) >= 11 is 0. The van der Waals surface area contributed by atoms with Gasteiger partial charge in [-0.1, -0.05) is 59.3 Å². The van der Waals surface area contributed by atoms with E-state index >= 15 is 0 Å². The molecule has 116 valence electrons. The molecule has 0 unspecified atom stereocenters. The van der Waals surface area contributed by atoms with Crippen LogP contribution in [0.15, 0.2) is 0 Å². The number of hydrogen-bond donors (Lipinski definition) is 0. The van der Waals surface area contributed by atoms with Crippen LogP contribution in [0.25, 0.3) is 0 Å². The minimum Gasteiger partial charge on any atom is -0.409 e. The Hall–Kier alpha value is -1.74. The van der Waals surface area contributed by atoms with Gasteiger partial charge in [-0.3, -0.25) is 0 Å². The molecule has 0 radical (unpaired) electrons. The molecular weight excluding hydrogens is 284 g/mol. The summed E-state index contributed by atoms with van der Waals surface area (Å²) in [5.74, 6) is 9.07. The Labute approximate surface area is 130 Å². The van der Waals surface area contributed by atoms with Gasteiger partial charge in [0.25, 0.3) is 0 Å². The molecule has 0 amide bonds. The zero-order chi connectivity index (χ0) is 16.3. The number of rotatable bonds is 4. The third-order valence-corrected chi connectivity index (χ3v) is 3.38. The van der Waals surface area contributed by atoms with E-state index in [4.69, 9.17) is 17.7 Å². The van der Waals surface area contributed by atoms with Crippen LogP contribution in [0.3, 0.4) is 0 Å². The van der Waals surface area contributed by atoms with Gasteiger partial charge in [-0.15, -0.1) is 0 Å². The van der Waals surface area contributed by atoms with Crippen molar-refractivity contribution in [2.45, 2.75) is 41.5 Å². The maximum Gasteiger partial charge on any atom is 0.919 e. The summed E-state index contributed by atoms with van der Waals surface area (Å²) in [5.41, 5.74) is 0. The third kappa shape index (κ3) is 9.74. The molecule has 0 fully saturated rings. The van der Waals surface area contributed by atoms with E-state index in [-0.39, 0.29) is 17.8 Å². The Morgan fingerprint density at radius 3 is 1.10 bits per heavy atom. The van der Waals surface area contributed by atoms with Crippen LogP contribution in [0.1, 0.15) is 41.5 Å². The Bertz CT molecular complexity index is 408. The Morgan fingerprint density at radius 1 is 0.619 bits per heavy atom. The maximum atomic E-state index is 5.36. The van der Waals surface area contributed by atoms with E-state index in [0.717, 1.165) is 0 Å². The van der Waals surface area contributed by atoms with Crippen LogP contribution in [0, 0.1) is 53.8 Å². The van der Waals surface area contributed by atoms with Gasteiger partial charge >= 0.3 is 9.05 Å². The molecule has 0 saturated heterocycles. The van der Waals surface area contributed by atoms with E-state index in [1.54, 1.807) is 0 Å². The fraction of sp³-hybridized carbons (Fsp3) is 0.625. The summed E-state index contributed by atoms with van der Waals surface area (Å²) in [7, 11) is -2.06. The molecule has 4 nitrogen and oxygen atoms in total. The first kappa shape index (κ1) is 19.3. The summed E-state index contributed by atoms with van der Waals surface area (Å²) in [6.45, 7) is 11.7. The molecule has 5 heteroatoms. The lowest BCUT2D eigenvalue weighted by Crippen LogP contribution is -2.45. The minimum atomic E-state index is -3.49. The Morgan fingerprint density at radius 2 is 0.905 bits per heavy atom. The molecule has 0 saturated carbocycles. The van der Waals surface area contributed by atoms with E-state index in [1.807, 2.05) is 41.5 Å². The van der Waals surface area contributed by atoms with Crippen molar-refractivity contribution in [1.82, 2.24) is 0 Å². The molecular formula is C16H24O4Si. The molecule has 0 N–H and O–H groups in total. The quantitative estimate of drug-likeness (QED) is 0.591. The molecule has 0 aliphatic carbocycles. The fourth-order valence-corrected chi connectivity index (χ4v) is 1.74. The molecule has 0 aliphatic heterocycles. The SMILES string of the molecule is CO[Si](OC#CC(C)C)(OC#CC(C)C)OC#CC(C)C. The van der Waals surface area contributed by atoms with Crippen LogP contribution in [0.4, 0.5) is 0 Å². The van der Waals surface area contributed by atoms with E-state index in [2.05, 4.69) is 36.1 Å². The second kappa shape index (κ2) is 10.1. The predicted molar refractivity (Wildman–Crippen MR) is 83.9 cm³/mol. The standard InChI is InChI=1S/C16H24O4Si/c1-14(2)8-11-18-21(17-7,19-12-9-15(3)4)20-13-10-16(5)6/h14-16H,1-7H3. The van der Waals surface area contributed by atoms with Crippen LogP contribution >= 0.6 is 0 Å². The summed E-state index contributed by atoms with van der Waals surface area (Å²) < 4.78 is 21.3. The fourth-order valence-electron chi connectivity index (χ4n) is 0.817. The highest BCUT2D eigenvalue weighted by molar-refractivity contribution is 6.54. The van der Waals surface area contributed by atoms with Gasteiger partial charge in [0.15, 0.2) is 0 Å². The van der Waals surface area contributed by atoms with Crippen LogP contribution in [-0.2, 0) is 17.7 Å². The van der Waals surface area contributed by atoms with Crippen molar-refractivity contribution in [3.05, 3.63) is 0 Å². The average Bonchev–Trinajstić information content (AvgIpc) is 2.36. The molecule has 0 heterocycles. The van der Waals surface area contributed by atoms with Gasteiger partial charge in [0.05, 0.1) is 0 Å². The molecule has 0 aromatic rings. The van der Waals surface area contributed by atoms with Crippen LogP contribution in [0.2, 0.25) is 0 Å². The monoisotopic (exact) mass is 308 g/mol. The van der Waals surface area contributed by atoms with Gasteiger partial charge in [0.1, 0.15) is 18.3 Å². The summed E-state index contributed by atoms with van der Waals surface area (Å²) in [6.07, 6.45) is 7.66. The first-order valence-corrected chi connectivity index (χ1v) is 8.55. The topological polar surface area (TPSA) is 36.9 Å². The first-order valence-electron chi connectivity index (χ1n) is 6.92. The summed E-state index contributed by atoms with van der Waals surface area (Å²) in [5, 5.41) is 0. The molecule has 0 aliphatic rings. The highest BCUT2D eigenvalue weighted by atomic mass is 28.4. The highest BCUT2D eigenvalue weighted by Gasteiger charge is 2.53. The molecule has 0 atom stereocenters. The molecule has 0 rings (SSSR count). The van der Waals surface area contributed by atoms with Gasteiger partial charge in [0.2, 0.25) is 0 Å². The van der Waals surface area contributed by atoms with Crippen LogP contribution in [-0.4, -0.2) is 16.2 Å². The number of hydrogen-bond acceptors (Lipinski definition) is 4. The van der Waals surface area contributed by atoms with Crippen molar-refractivity contribution in [3.63, 3.8) is 0 Å². The smallest absolute Gasteiger partial charge is 0.409 e. The van der Waals surface area contributed by atoms with Crippen molar-refractivity contribution < 1.29 is 17.7 Å². The molecule has 21 heavy (non-hydrogen) atoms. The summed E-state index contributed by atoms with van der Waals surface area (Å²) in [4.78, 5) is 0. The molecule has 0 aromatic heterocycles. The second-order valence-electron chi connectivity index (χ2n) is 5.21. The predicted octanol–water partition coefficient (Wildman–Crippen LogP) is 2.97. The molecule has 0 spiro atoms. The van der Waals surface area contributed by atoms with Crippen molar-refractivity contribution in [1.29, 1.82) is 0 Å². The van der Waals surface area contributed by atoms with Gasteiger partial charge < -0.3 is 17.7 Å². The lowest BCUT2D eigenvalue weighted by Gasteiger charge is -2.17. The lowest BCUT2D eigenvalue weighted by atomic mass is 10.2. The first-order chi connectivity index (χ1) is 9.81. The van der Waals surface area contributed by atoms with Crippen molar-refractivity contribution in [3.8, 4) is 36.1 Å². The zero-order valence-corrected chi connectivity index (χ0v) is 14.9. The van der Waals surface area contributed by atoms with E-state index in [1.165, 1.54) is 7.11 Å². The zero-order valence-electron chi connectivity index (χ0n) is 13.9. The van der Waals surface area contributed by atoms with Gasteiger partial charge in [-0.05, 0) is 0 Å². The average molecular weight is 308 g/mol. The normalized spacial score (nSPS) is 10.0. The van der Waals surface area contributed by atoms with Gasteiger partial charge in [0, 0.05) is 24.9 Å².